The lowest BCUT2D eigenvalue weighted by Crippen LogP contribution is -2.44. The summed E-state index contributed by atoms with van der Waals surface area (Å²) >= 11 is 6.11. The van der Waals surface area contributed by atoms with Crippen LogP contribution in [0.2, 0.25) is 5.02 Å². The van der Waals surface area contributed by atoms with Crippen molar-refractivity contribution in [2.24, 2.45) is 0 Å². The molecule has 1 N–H and O–H groups in total. The molecule has 1 aliphatic rings. The second-order valence-electron chi connectivity index (χ2n) is 8.97. The maximum absolute atomic E-state index is 16.0. The minimum Gasteiger partial charge on any atom is -0.486 e. The number of benzene rings is 3. The first-order chi connectivity index (χ1) is 18.7. The average Bonchev–Trinajstić information content (AvgIpc) is 2.88. The monoisotopic (exact) mass is 601 g/mol. The van der Waals surface area contributed by atoms with E-state index in [0.717, 1.165) is 18.2 Å². The van der Waals surface area contributed by atoms with E-state index < -0.39 is 69.0 Å². The van der Waals surface area contributed by atoms with Gasteiger partial charge in [0.05, 0.1) is 22.0 Å². The number of allylic oxidation sites excluding steroid dienone is 1. The fourth-order valence-electron chi connectivity index (χ4n) is 4.29. The van der Waals surface area contributed by atoms with Gasteiger partial charge in [0.2, 0.25) is 0 Å². The Morgan fingerprint density at radius 3 is 2.50 bits per heavy atom. The molecule has 0 aliphatic carbocycles. The minimum atomic E-state index is -4.84. The van der Waals surface area contributed by atoms with Gasteiger partial charge in [-0.25, -0.2) is 17.2 Å². The van der Waals surface area contributed by atoms with Crippen molar-refractivity contribution in [1.82, 2.24) is 0 Å². The molecule has 1 heterocycles. The zero-order valence-corrected chi connectivity index (χ0v) is 22.2. The van der Waals surface area contributed by atoms with Gasteiger partial charge < -0.3 is 9.84 Å². The maximum atomic E-state index is 16.0. The van der Waals surface area contributed by atoms with Gasteiger partial charge >= 0.3 is 12.1 Å². The predicted octanol–water partition coefficient (Wildman–Crippen LogP) is 7.02. The third-order valence-corrected chi connectivity index (χ3v) is 8.26. The lowest BCUT2D eigenvalue weighted by Gasteiger charge is -2.36. The van der Waals surface area contributed by atoms with Crippen LogP contribution in [0.4, 0.5) is 27.6 Å². The van der Waals surface area contributed by atoms with Crippen molar-refractivity contribution in [3.63, 3.8) is 0 Å². The first-order valence-electron chi connectivity index (χ1n) is 11.7. The molecule has 1 atom stereocenters. The normalized spacial score (nSPS) is 15.9. The molecule has 0 spiro atoms. The number of hydrogen-bond donors (Lipinski definition) is 1. The van der Waals surface area contributed by atoms with E-state index >= 15 is 4.39 Å². The molecule has 0 fully saturated rings. The van der Waals surface area contributed by atoms with E-state index in [9.17, 15) is 30.8 Å². The number of sulfonamides is 1. The van der Waals surface area contributed by atoms with Gasteiger partial charge in [-0.05, 0) is 67.5 Å². The fraction of sp³-hybridized carbons (Fsp3) is 0.222. The smallest absolute Gasteiger partial charge is 0.416 e. The van der Waals surface area contributed by atoms with Crippen LogP contribution in [0.1, 0.15) is 36.5 Å². The van der Waals surface area contributed by atoms with Gasteiger partial charge in [-0.15, -0.1) is 0 Å². The van der Waals surface area contributed by atoms with Gasteiger partial charge in [0.1, 0.15) is 23.4 Å². The van der Waals surface area contributed by atoms with Crippen molar-refractivity contribution in [3.05, 3.63) is 87.9 Å². The lowest BCUT2D eigenvalue weighted by molar-refractivity contribution is -0.138. The van der Waals surface area contributed by atoms with Crippen LogP contribution in [0.5, 0.6) is 5.75 Å². The molecule has 4 rings (SSSR count). The Morgan fingerprint density at radius 2 is 1.85 bits per heavy atom. The summed E-state index contributed by atoms with van der Waals surface area (Å²) in [5.74, 6) is -3.21. The van der Waals surface area contributed by atoms with E-state index in [4.69, 9.17) is 21.4 Å². The molecule has 0 unspecified atom stereocenters. The van der Waals surface area contributed by atoms with Crippen molar-refractivity contribution in [1.29, 1.82) is 0 Å². The summed E-state index contributed by atoms with van der Waals surface area (Å²) in [6, 6.07) is 9.48. The van der Waals surface area contributed by atoms with Crippen LogP contribution < -0.4 is 9.04 Å². The van der Waals surface area contributed by atoms with E-state index in [-0.39, 0.29) is 33.9 Å². The molecule has 6 nitrogen and oxygen atoms in total. The number of fused-ring (bicyclic) bond motifs is 1. The molecule has 0 amide bonds. The van der Waals surface area contributed by atoms with Crippen LogP contribution in [0.3, 0.4) is 0 Å². The maximum Gasteiger partial charge on any atom is 0.416 e. The second-order valence-corrected chi connectivity index (χ2v) is 11.2. The molecular formula is C27H21ClF5NO5S. The number of alkyl halides is 3. The van der Waals surface area contributed by atoms with E-state index in [0.29, 0.717) is 16.4 Å². The van der Waals surface area contributed by atoms with Crippen molar-refractivity contribution in [3.8, 4) is 5.75 Å². The zero-order chi connectivity index (χ0) is 29.4. The van der Waals surface area contributed by atoms with Crippen LogP contribution >= 0.6 is 11.6 Å². The Morgan fingerprint density at radius 1 is 1.15 bits per heavy atom. The van der Waals surface area contributed by atoms with Gasteiger partial charge in [-0.3, -0.25) is 9.10 Å². The molecule has 13 heteroatoms. The van der Waals surface area contributed by atoms with E-state index in [1.807, 2.05) is 0 Å². The van der Waals surface area contributed by atoms with Gasteiger partial charge in [0.25, 0.3) is 10.0 Å². The van der Waals surface area contributed by atoms with Crippen molar-refractivity contribution in [2.45, 2.75) is 36.9 Å². The topological polar surface area (TPSA) is 83.9 Å². The van der Waals surface area contributed by atoms with Crippen molar-refractivity contribution in [2.75, 3.05) is 10.8 Å². The molecule has 3 aromatic rings. The van der Waals surface area contributed by atoms with Crippen LogP contribution in [-0.2, 0) is 21.0 Å². The van der Waals surface area contributed by atoms with Crippen molar-refractivity contribution >= 4 is 44.9 Å². The lowest BCUT2D eigenvalue weighted by atomic mass is 10.0. The number of hydrogen-bond acceptors (Lipinski definition) is 4. The summed E-state index contributed by atoms with van der Waals surface area (Å²) < 4.78 is 104. The molecule has 212 valence electrons. The summed E-state index contributed by atoms with van der Waals surface area (Å²) in [6.45, 7) is 0.903. The Bertz CT molecular complexity index is 1590. The number of carboxylic acids is 1. The summed E-state index contributed by atoms with van der Waals surface area (Å²) in [7, 11) is -4.80. The molecule has 0 saturated carbocycles. The Hall–Kier alpha value is -3.64. The number of aliphatic carboxylic acids is 1. The van der Waals surface area contributed by atoms with Gasteiger partial charge in [-0.2, -0.15) is 13.2 Å². The number of nitrogens with zero attached hydrogens (tertiary/aromatic N) is 1. The molecule has 3 aromatic carbocycles. The molecule has 0 radical (unpaired) electrons. The quantitative estimate of drug-likeness (QED) is 0.232. The Balaban J connectivity index is 1.86. The van der Waals surface area contributed by atoms with Crippen LogP contribution in [0.25, 0.3) is 11.6 Å². The third kappa shape index (κ3) is 5.92. The summed E-state index contributed by atoms with van der Waals surface area (Å²) in [4.78, 5) is 10.3. The average molecular weight is 602 g/mol. The van der Waals surface area contributed by atoms with E-state index in [2.05, 4.69) is 0 Å². The molecule has 0 saturated heterocycles. The van der Waals surface area contributed by atoms with E-state index in [1.165, 1.54) is 37.3 Å². The highest BCUT2D eigenvalue weighted by Crippen LogP contribution is 2.42. The summed E-state index contributed by atoms with van der Waals surface area (Å²) in [5, 5.41) is 9.11. The number of rotatable bonds is 7. The highest BCUT2D eigenvalue weighted by Gasteiger charge is 2.39. The molecule has 1 aliphatic heterocycles. The van der Waals surface area contributed by atoms with Gasteiger partial charge in [0, 0.05) is 17.5 Å². The standard InChI is InChI=1S/C27H21ClF5NO5S/c1-15(24-20(28)6-3-7-21(24)29)12-16-8-10-22-26(25(16)30)34(14-18(39-22)9-11-23(35)36)40(37,38)19-5-2-4-17(13-19)27(31,32)33/h2-8,10,12-13,18H,9,11,14H2,1H3,(H,35,36)/t18-/m0/s1. The Labute approximate surface area is 231 Å². The summed E-state index contributed by atoms with van der Waals surface area (Å²) in [5.41, 5.74) is -1.76. The van der Waals surface area contributed by atoms with Crippen molar-refractivity contribution < 1.29 is 45.0 Å². The number of ether oxygens (including phenoxy) is 1. The highest BCUT2D eigenvalue weighted by atomic mass is 35.5. The van der Waals surface area contributed by atoms with Crippen LogP contribution in [-0.4, -0.2) is 32.1 Å². The van der Waals surface area contributed by atoms with Crippen LogP contribution in [0, 0.1) is 11.6 Å². The second kappa shape index (κ2) is 11.1. The number of carbonyl (C=O) groups is 1. The number of anilines is 1. The first-order valence-corrected chi connectivity index (χ1v) is 13.6. The molecule has 0 bridgehead atoms. The predicted molar refractivity (Wildman–Crippen MR) is 139 cm³/mol. The fourth-order valence-corrected chi connectivity index (χ4v) is 6.15. The SMILES string of the molecule is CC(=Cc1ccc2c(c1F)N(S(=O)(=O)c1cccc(C(F)(F)F)c1)C[C@H](CCC(=O)O)O2)c1c(F)cccc1Cl. The largest absolute Gasteiger partial charge is 0.486 e. The number of carboxylic acid groups (broad SMARTS) is 1. The zero-order valence-electron chi connectivity index (χ0n) is 20.7. The third-order valence-electron chi connectivity index (χ3n) is 6.18. The first kappa shape index (κ1) is 29.3. The van der Waals surface area contributed by atoms with Crippen LogP contribution in [0.15, 0.2) is 59.5 Å². The minimum absolute atomic E-state index is 0.000264. The van der Waals surface area contributed by atoms with E-state index in [1.54, 1.807) is 0 Å². The summed E-state index contributed by atoms with van der Waals surface area (Å²) in [6.07, 6.45) is -5.19. The molecule has 40 heavy (non-hydrogen) atoms. The molecule has 0 aromatic heterocycles. The van der Waals surface area contributed by atoms with Gasteiger partial charge in [-0.1, -0.05) is 23.7 Å². The Kier molecular flexibility index (Phi) is 8.13. The number of halogens is 6. The highest BCUT2D eigenvalue weighted by molar-refractivity contribution is 7.92. The molecular weight excluding hydrogens is 581 g/mol. The van der Waals surface area contributed by atoms with Gasteiger partial charge in [0.15, 0.2) is 5.82 Å².